The Kier molecular flexibility index (Phi) is 6.61. The van der Waals surface area contributed by atoms with Crippen molar-refractivity contribution in [2.45, 2.75) is 24.8 Å². The van der Waals surface area contributed by atoms with E-state index in [0.717, 1.165) is 28.2 Å². The number of hydrogen-bond acceptors (Lipinski definition) is 7. The number of rotatable bonds is 7. The van der Waals surface area contributed by atoms with E-state index in [1.807, 2.05) is 31.2 Å². The van der Waals surface area contributed by atoms with Gasteiger partial charge in [-0.1, -0.05) is 12.1 Å². The number of carbonyl (C=O) groups excluding carboxylic acids is 1. The second kappa shape index (κ2) is 9.23. The maximum atomic E-state index is 13.1. The highest BCUT2D eigenvalue weighted by Gasteiger charge is 2.31. The van der Waals surface area contributed by atoms with Gasteiger partial charge in [-0.25, -0.2) is 8.42 Å². The van der Waals surface area contributed by atoms with E-state index in [-0.39, 0.29) is 9.77 Å². The van der Waals surface area contributed by atoms with Crippen LogP contribution in [0.25, 0.3) is 11.0 Å². The van der Waals surface area contributed by atoms with Gasteiger partial charge < -0.3 is 14.5 Å². The molecule has 1 amide bonds. The fourth-order valence-corrected chi connectivity index (χ4v) is 7.34. The summed E-state index contributed by atoms with van der Waals surface area (Å²) in [6.07, 6.45) is 0. The molecule has 0 radical (unpaired) electrons. The van der Waals surface area contributed by atoms with Gasteiger partial charge in [0.2, 0.25) is 10.0 Å². The number of hydrogen-bond donors (Lipinski definition) is 1. The third kappa shape index (κ3) is 4.48. The Morgan fingerprint density at radius 2 is 2.06 bits per heavy atom. The van der Waals surface area contributed by atoms with Crippen LogP contribution in [-0.4, -0.2) is 49.8 Å². The zero-order valence-electron chi connectivity index (χ0n) is 17.3. The molecular weight excluding hydrogens is 456 g/mol. The number of nitrogens with one attached hydrogen (secondary N) is 1. The molecule has 1 fully saturated rings. The van der Waals surface area contributed by atoms with E-state index < -0.39 is 22.0 Å². The number of thioether (sulfide) groups is 1. The molecule has 166 valence electrons. The van der Waals surface area contributed by atoms with E-state index >= 15 is 0 Å². The molecule has 0 aliphatic carbocycles. The van der Waals surface area contributed by atoms with Crippen molar-refractivity contribution in [3.8, 4) is 5.75 Å². The predicted octanol–water partition coefficient (Wildman–Crippen LogP) is 4.12. The van der Waals surface area contributed by atoms with Crippen molar-refractivity contribution < 1.29 is 22.4 Å². The highest BCUT2D eigenvalue weighted by molar-refractivity contribution is 7.99. The second-order valence-corrected chi connectivity index (χ2v) is 11.1. The first-order valence-electron chi connectivity index (χ1n) is 10.0. The lowest BCUT2D eigenvalue weighted by Gasteiger charge is -2.25. The number of thiophene rings is 1. The Morgan fingerprint density at radius 1 is 1.29 bits per heavy atom. The van der Waals surface area contributed by atoms with Crippen LogP contribution in [0, 0.1) is 0 Å². The molecule has 1 unspecified atom stereocenters. The van der Waals surface area contributed by atoms with Gasteiger partial charge in [-0.05, 0) is 37.4 Å². The molecule has 1 N–H and O–H groups in total. The molecule has 7 nitrogen and oxygen atoms in total. The van der Waals surface area contributed by atoms with E-state index in [1.165, 1.54) is 10.4 Å². The number of fused-ring (bicyclic) bond motifs is 1. The number of furan rings is 1. The molecule has 31 heavy (non-hydrogen) atoms. The van der Waals surface area contributed by atoms with Crippen molar-refractivity contribution in [2.75, 3.05) is 31.2 Å². The molecule has 1 saturated heterocycles. The number of benzene rings is 1. The minimum atomic E-state index is -3.70. The van der Waals surface area contributed by atoms with Crippen molar-refractivity contribution in [1.29, 1.82) is 0 Å². The minimum absolute atomic E-state index is 0.0670. The van der Waals surface area contributed by atoms with Gasteiger partial charge in [-0.15, -0.1) is 11.3 Å². The Labute approximate surface area is 189 Å². The fourth-order valence-electron chi connectivity index (χ4n) is 3.46. The lowest BCUT2D eigenvalue weighted by atomic mass is 10.2. The molecule has 2 aromatic heterocycles. The van der Waals surface area contributed by atoms with Crippen LogP contribution in [-0.2, 0) is 10.0 Å². The van der Waals surface area contributed by atoms with Crippen LogP contribution in [0.15, 0.2) is 45.0 Å². The normalized spacial score (nSPS) is 16.3. The Morgan fingerprint density at radius 3 is 2.81 bits per heavy atom. The van der Waals surface area contributed by atoms with Gasteiger partial charge in [0, 0.05) is 30.0 Å². The average Bonchev–Trinajstić information content (AvgIpc) is 3.43. The molecule has 0 spiro atoms. The summed E-state index contributed by atoms with van der Waals surface area (Å²) in [6.45, 7) is 5.15. The SMILES string of the molecule is CCOc1cccc2cc(C(C)NC(=O)c3sccc3S(=O)(=O)N3CCSCC3)oc12. The van der Waals surface area contributed by atoms with Crippen LogP contribution in [0.4, 0.5) is 0 Å². The quantitative estimate of drug-likeness (QED) is 0.547. The zero-order chi connectivity index (χ0) is 22.0. The summed E-state index contributed by atoms with van der Waals surface area (Å²) in [6, 6.07) is 8.57. The molecular formula is C21H24N2O5S3. The van der Waals surface area contributed by atoms with Crippen LogP contribution in [0.5, 0.6) is 5.75 Å². The number of para-hydroxylation sites is 1. The van der Waals surface area contributed by atoms with E-state index in [2.05, 4.69) is 5.32 Å². The van der Waals surface area contributed by atoms with Crippen LogP contribution in [0.2, 0.25) is 0 Å². The first kappa shape index (κ1) is 22.2. The van der Waals surface area contributed by atoms with Gasteiger partial charge in [-0.3, -0.25) is 4.79 Å². The highest BCUT2D eigenvalue weighted by atomic mass is 32.2. The number of nitrogens with zero attached hydrogens (tertiary/aromatic N) is 1. The smallest absolute Gasteiger partial charge is 0.263 e. The number of amides is 1. The summed E-state index contributed by atoms with van der Waals surface area (Å²) >= 11 is 2.86. The van der Waals surface area contributed by atoms with Gasteiger partial charge in [-0.2, -0.15) is 16.1 Å². The molecule has 1 aromatic carbocycles. The lowest BCUT2D eigenvalue weighted by Crippen LogP contribution is -2.38. The first-order valence-corrected chi connectivity index (χ1v) is 13.5. The van der Waals surface area contributed by atoms with Gasteiger partial charge >= 0.3 is 0 Å². The average molecular weight is 481 g/mol. The standard InChI is InChI=1S/C21H24N2O5S3/c1-3-27-16-6-4-5-15-13-17(28-19(15)16)14(2)22-21(24)20-18(7-10-30-20)31(25,26)23-8-11-29-12-9-23/h4-7,10,13-14H,3,8-9,11-12H2,1-2H3,(H,22,24). The molecule has 0 saturated carbocycles. The van der Waals surface area contributed by atoms with Crippen molar-refractivity contribution in [2.24, 2.45) is 0 Å². The summed E-state index contributed by atoms with van der Waals surface area (Å²) in [5.41, 5.74) is 0.628. The van der Waals surface area contributed by atoms with E-state index in [4.69, 9.17) is 9.15 Å². The van der Waals surface area contributed by atoms with Gasteiger partial charge in [0.15, 0.2) is 11.3 Å². The largest absolute Gasteiger partial charge is 0.490 e. The molecule has 3 heterocycles. The van der Waals surface area contributed by atoms with E-state index in [9.17, 15) is 13.2 Å². The van der Waals surface area contributed by atoms with Crippen molar-refractivity contribution >= 4 is 50.0 Å². The summed E-state index contributed by atoms with van der Waals surface area (Å²) in [5.74, 6) is 2.31. The minimum Gasteiger partial charge on any atom is -0.490 e. The third-order valence-corrected chi connectivity index (χ3v) is 8.95. The molecule has 1 aliphatic heterocycles. The van der Waals surface area contributed by atoms with Gasteiger partial charge in [0.25, 0.3) is 5.91 Å². The molecule has 4 rings (SSSR count). The molecule has 1 atom stereocenters. The molecule has 10 heteroatoms. The van der Waals surface area contributed by atoms with Crippen LogP contribution < -0.4 is 10.1 Å². The van der Waals surface area contributed by atoms with Crippen LogP contribution in [0.1, 0.15) is 35.3 Å². The van der Waals surface area contributed by atoms with Crippen LogP contribution in [0.3, 0.4) is 0 Å². The topological polar surface area (TPSA) is 88.8 Å². The summed E-state index contributed by atoms with van der Waals surface area (Å²) in [4.78, 5) is 13.2. The van der Waals surface area contributed by atoms with Gasteiger partial charge in [0.1, 0.15) is 15.5 Å². The Hall–Kier alpha value is -2.01. The molecule has 3 aromatic rings. The van der Waals surface area contributed by atoms with Gasteiger partial charge in [0.05, 0.1) is 12.6 Å². The third-order valence-electron chi connectivity index (χ3n) is 5.02. The van der Waals surface area contributed by atoms with Crippen molar-refractivity contribution in [1.82, 2.24) is 9.62 Å². The summed E-state index contributed by atoms with van der Waals surface area (Å²) < 4.78 is 39.1. The number of carbonyl (C=O) groups is 1. The summed E-state index contributed by atoms with van der Waals surface area (Å²) in [5, 5.41) is 5.39. The second-order valence-electron chi connectivity index (χ2n) is 7.08. The van der Waals surface area contributed by atoms with Crippen LogP contribution >= 0.6 is 23.1 Å². The molecule has 1 aliphatic rings. The Bertz CT molecular complexity index is 1180. The van der Waals surface area contributed by atoms with E-state index in [0.29, 0.717) is 36.8 Å². The van der Waals surface area contributed by atoms with Crippen molar-refractivity contribution in [3.05, 3.63) is 46.3 Å². The number of sulfonamides is 1. The maximum absolute atomic E-state index is 13.1. The monoisotopic (exact) mass is 480 g/mol. The fraction of sp³-hybridized carbons (Fsp3) is 0.381. The highest BCUT2D eigenvalue weighted by Crippen LogP contribution is 2.32. The molecule has 0 bridgehead atoms. The lowest BCUT2D eigenvalue weighted by molar-refractivity contribution is 0.0936. The first-order chi connectivity index (χ1) is 14.9. The predicted molar refractivity (Wildman–Crippen MR) is 124 cm³/mol. The Balaban J connectivity index is 1.55. The maximum Gasteiger partial charge on any atom is 0.263 e. The van der Waals surface area contributed by atoms with E-state index in [1.54, 1.807) is 24.1 Å². The zero-order valence-corrected chi connectivity index (χ0v) is 19.7. The number of ether oxygens (including phenoxy) is 1. The summed E-state index contributed by atoms with van der Waals surface area (Å²) in [7, 11) is -3.70. The van der Waals surface area contributed by atoms with Crippen molar-refractivity contribution in [3.63, 3.8) is 0 Å².